The van der Waals surface area contributed by atoms with Gasteiger partial charge in [-0.25, -0.2) is 0 Å². The Morgan fingerprint density at radius 1 is 1.00 bits per heavy atom. The molecule has 37 heavy (non-hydrogen) atoms. The lowest BCUT2D eigenvalue weighted by Crippen LogP contribution is -2.31. The standard InChI is InChI=1S/C29H34ClNO6/c1-5-7-14-36-23-11-9-19(16-24(23)34-6-2)26-25-27(32)21-17-20(30)10-12-22(21)37-28(25)29(33)31(26)13-8-15-35-18(3)4/h9-12,16-18,26H,5-8,13-15H2,1-4H3. The smallest absolute Gasteiger partial charge is 0.290 e. The molecule has 2 aromatic carbocycles. The second-order valence-corrected chi connectivity index (χ2v) is 9.77. The second-order valence-electron chi connectivity index (χ2n) is 9.33. The average Bonchev–Trinajstić information content (AvgIpc) is 3.15. The summed E-state index contributed by atoms with van der Waals surface area (Å²) in [7, 11) is 0. The number of amides is 1. The minimum Gasteiger partial charge on any atom is -0.490 e. The van der Waals surface area contributed by atoms with Crippen molar-refractivity contribution in [3.8, 4) is 11.5 Å². The molecule has 1 aliphatic heterocycles. The van der Waals surface area contributed by atoms with Crippen molar-refractivity contribution in [3.05, 3.63) is 68.5 Å². The van der Waals surface area contributed by atoms with Gasteiger partial charge >= 0.3 is 0 Å². The van der Waals surface area contributed by atoms with Gasteiger partial charge in [-0.05, 0) is 69.5 Å². The van der Waals surface area contributed by atoms with Crippen molar-refractivity contribution in [2.75, 3.05) is 26.4 Å². The molecule has 198 valence electrons. The van der Waals surface area contributed by atoms with Gasteiger partial charge in [0.05, 0.1) is 36.3 Å². The van der Waals surface area contributed by atoms with E-state index < -0.39 is 6.04 Å². The minimum absolute atomic E-state index is 0.0656. The number of nitrogens with zero attached hydrogens (tertiary/aromatic N) is 1. The summed E-state index contributed by atoms with van der Waals surface area (Å²) in [4.78, 5) is 29.0. The summed E-state index contributed by atoms with van der Waals surface area (Å²) < 4.78 is 23.5. The highest BCUT2D eigenvalue weighted by atomic mass is 35.5. The summed E-state index contributed by atoms with van der Waals surface area (Å²) in [6, 6.07) is 9.80. The topological polar surface area (TPSA) is 78.2 Å². The number of hydrogen-bond donors (Lipinski definition) is 0. The molecule has 0 spiro atoms. The van der Waals surface area contributed by atoms with E-state index in [1.54, 1.807) is 23.1 Å². The van der Waals surface area contributed by atoms with E-state index in [4.69, 9.17) is 30.2 Å². The van der Waals surface area contributed by atoms with Gasteiger partial charge in [-0.1, -0.05) is 31.0 Å². The maximum atomic E-state index is 13.7. The van der Waals surface area contributed by atoms with Crippen molar-refractivity contribution in [2.45, 2.75) is 59.1 Å². The van der Waals surface area contributed by atoms with Gasteiger partial charge in [0.1, 0.15) is 5.58 Å². The van der Waals surface area contributed by atoms with Crippen molar-refractivity contribution >= 4 is 28.5 Å². The Bertz CT molecular complexity index is 1320. The van der Waals surface area contributed by atoms with Crippen LogP contribution in [0.25, 0.3) is 11.0 Å². The first-order valence-corrected chi connectivity index (χ1v) is 13.3. The van der Waals surface area contributed by atoms with Crippen LogP contribution in [0.15, 0.2) is 45.6 Å². The van der Waals surface area contributed by atoms with Gasteiger partial charge in [0, 0.05) is 18.2 Å². The van der Waals surface area contributed by atoms with Crippen LogP contribution in [0.3, 0.4) is 0 Å². The Kier molecular flexibility index (Phi) is 8.77. The predicted octanol–water partition coefficient (Wildman–Crippen LogP) is 6.38. The maximum Gasteiger partial charge on any atom is 0.290 e. The third-order valence-electron chi connectivity index (χ3n) is 6.26. The van der Waals surface area contributed by atoms with E-state index in [9.17, 15) is 9.59 Å². The molecule has 0 saturated carbocycles. The van der Waals surface area contributed by atoms with Crippen molar-refractivity contribution in [1.82, 2.24) is 4.90 Å². The van der Waals surface area contributed by atoms with Crippen molar-refractivity contribution in [2.24, 2.45) is 0 Å². The van der Waals surface area contributed by atoms with Gasteiger partial charge < -0.3 is 23.5 Å². The Morgan fingerprint density at radius 3 is 2.54 bits per heavy atom. The highest BCUT2D eigenvalue weighted by Crippen LogP contribution is 2.41. The van der Waals surface area contributed by atoms with Crippen molar-refractivity contribution in [3.63, 3.8) is 0 Å². The number of benzene rings is 2. The van der Waals surface area contributed by atoms with Crippen molar-refractivity contribution < 1.29 is 23.4 Å². The molecule has 0 fully saturated rings. The number of halogens is 1. The van der Waals surface area contributed by atoms with Crippen LogP contribution in [0, 0.1) is 0 Å². The number of hydrogen-bond acceptors (Lipinski definition) is 6. The zero-order valence-corrected chi connectivity index (χ0v) is 22.6. The quantitative estimate of drug-likeness (QED) is 0.254. The van der Waals surface area contributed by atoms with E-state index >= 15 is 0 Å². The molecule has 1 aromatic heterocycles. The molecule has 0 aliphatic carbocycles. The third-order valence-corrected chi connectivity index (χ3v) is 6.50. The van der Waals surface area contributed by atoms with Gasteiger partial charge in [0.15, 0.2) is 16.9 Å². The lowest BCUT2D eigenvalue weighted by molar-refractivity contribution is 0.0593. The van der Waals surface area contributed by atoms with Gasteiger partial charge in [-0.15, -0.1) is 0 Å². The molecule has 1 atom stereocenters. The molecule has 7 nitrogen and oxygen atoms in total. The Labute approximate surface area is 222 Å². The van der Waals surface area contributed by atoms with Crippen molar-refractivity contribution in [1.29, 1.82) is 0 Å². The van der Waals surface area contributed by atoms with Crippen LogP contribution in [0.4, 0.5) is 0 Å². The Hall–Kier alpha value is -3.03. The van der Waals surface area contributed by atoms with E-state index in [2.05, 4.69) is 6.92 Å². The monoisotopic (exact) mass is 527 g/mol. The molecule has 1 unspecified atom stereocenters. The fraction of sp³-hybridized carbons (Fsp3) is 0.448. The maximum absolute atomic E-state index is 13.7. The molecule has 2 heterocycles. The SMILES string of the molecule is CCCCOc1ccc(C2c3c(oc4ccc(Cl)cc4c3=O)C(=O)N2CCCOC(C)C)cc1OCC. The molecule has 0 saturated heterocycles. The van der Waals surface area contributed by atoms with Crippen LogP contribution in [0.1, 0.15) is 74.7 Å². The molecule has 3 aromatic rings. The number of fused-ring (bicyclic) bond motifs is 2. The fourth-order valence-electron chi connectivity index (χ4n) is 4.53. The van der Waals surface area contributed by atoms with E-state index in [0.717, 1.165) is 18.4 Å². The zero-order chi connectivity index (χ0) is 26.5. The third kappa shape index (κ3) is 5.78. The Balaban J connectivity index is 1.80. The zero-order valence-electron chi connectivity index (χ0n) is 21.8. The van der Waals surface area contributed by atoms with Crippen LogP contribution in [0.2, 0.25) is 5.02 Å². The largest absolute Gasteiger partial charge is 0.490 e. The lowest BCUT2D eigenvalue weighted by Gasteiger charge is -2.26. The molecular formula is C29H34ClNO6. The number of carbonyl (C=O) groups excluding carboxylic acids is 1. The summed E-state index contributed by atoms with van der Waals surface area (Å²) in [6.07, 6.45) is 2.66. The molecule has 8 heteroatoms. The van der Waals surface area contributed by atoms with E-state index in [0.29, 0.717) is 65.8 Å². The van der Waals surface area contributed by atoms with E-state index in [-0.39, 0.29) is 23.2 Å². The Morgan fingerprint density at radius 2 is 1.81 bits per heavy atom. The first kappa shape index (κ1) is 27.0. The summed E-state index contributed by atoms with van der Waals surface area (Å²) in [5.74, 6) is 0.960. The van der Waals surface area contributed by atoms with Crippen LogP contribution >= 0.6 is 11.6 Å². The van der Waals surface area contributed by atoms with Gasteiger partial charge in [0.2, 0.25) is 5.76 Å². The molecule has 0 N–H and O–H groups in total. The second kappa shape index (κ2) is 12.0. The summed E-state index contributed by atoms with van der Waals surface area (Å²) in [5, 5.41) is 0.772. The molecular weight excluding hydrogens is 494 g/mol. The normalized spacial score (nSPS) is 15.0. The summed E-state index contributed by atoms with van der Waals surface area (Å²) in [6.45, 7) is 9.88. The molecule has 0 bridgehead atoms. The number of rotatable bonds is 12. The summed E-state index contributed by atoms with van der Waals surface area (Å²) in [5.41, 5.74) is 1.13. The molecule has 1 aliphatic rings. The molecule has 1 amide bonds. The number of unbranched alkanes of at least 4 members (excludes halogenated alkanes) is 1. The molecule has 0 radical (unpaired) electrons. The highest BCUT2D eigenvalue weighted by molar-refractivity contribution is 6.31. The first-order valence-electron chi connectivity index (χ1n) is 12.9. The molecule has 4 rings (SSSR count). The van der Waals surface area contributed by atoms with Crippen LogP contribution < -0.4 is 14.9 Å². The van der Waals surface area contributed by atoms with E-state index in [1.165, 1.54) is 0 Å². The lowest BCUT2D eigenvalue weighted by atomic mass is 9.98. The van der Waals surface area contributed by atoms with Gasteiger partial charge in [-0.3, -0.25) is 9.59 Å². The fourth-order valence-corrected chi connectivity index (χ4v) is 4.70. The van der Waals surface area contributed by atoms with Crippen LogP contribution in [-0.4, -0.2) is 43.3 Å². The van der Waals surface area contributed by atoms with E-state index in [1.807, 2.05) is 39.0 Å². The van der Waals surface area contributed by atoms with Gasteiger partial charge in [0.25, 0.3) is 5.91 Å². The average molecular weight is 528 g/mol. The van der Waals surface area contributed by atoms with Crippen LogP contribution in [-0.2, 0) is 4.74 Å². The van der Waals surface area contributed by atoms with Crippen LogP contribution in [0.5, 0.6) is 11.5 Å². The number of carbonyl (C=O) groups is 1. The summed E-state index contributed by atoms with van der Waals surface area (Å²) >= 11 is 6.19. The predicted molar refractivity (Wildman–Crippen MR) is 144 cm³/mol. The first-order chi connectivity index (χ1) is 17.8. The highest BCUT2D eigenvalue weighted by Gasteiger charge is 2.42. The minimum atomic E-state index is -0.634. The van der Waals surface area contributed by atoms with Gasteiger partial charge in [-0.2, -0.15) is 0 Å². The number of ether oxygens (including phenoxy) is 3.